The Morgan fingerprint density at radius 2 is 1.58 bits per heavy atom. The maximum Gasteiger partial charge on any atom is 0.399 e. The van der Waals surface area contributed by atoms with Crippen LogP contribution in [0.1, 0.15) is 48.4 Å². The van der Waals surface area contributed by atoms with Crippen LogP contribution in [0, 0.1) is 13.8 Å². The Kier molecular flexibility index (Phi) is 6.35. The molecule has 3 rings (SSSR count). The minimum Gasteiger partial charge on any atom is -0.424 e. The molecule has 2 aromatic carbocycles. The number of rotatable bonds is 5. The van der Waals surface area contributed by atoms with Crippen LogP contribution in [-0.4, -0.2) is 25.6 Å². The molecule has 0 atom stereocenters. The number of hydrogen-bond acceptors (Lipinski definition) is 2. The average molecular weight is 389 g/mol. The lowest BCUT2D eigenvalue weighted by Gasteiger charge is -2.48. The van der Waals surface area contributed by atoms with Crippen molar-refractivity contribution in [2.24, 2.45) is 0 Å². The smallest absolute Gasteiger partial charge is 0.399 e. The van der Waals surface area contributed by atoms with E-state index >= 15 is 0 Å². The first-order chi connectivity index (χ1) is 12.5. The van der Waals surface area contributed by atoms with Crippen molar-refractivity contribution in [3.05, 3.63) is 68.7 Å². The number of piperidine rings is 1. The van der Waals surface area contributed by atoms with Gasteiger partial charge in [0, 0.05) is 16.7 Å². The van der Waals surface area contributed by atoms with Crippen LogP contribution in [0.4, 0.5) is 0 Å². The van der Waals surface area contributed by atoms with E-state index in [0.717, 1.165) is 47.0 Å². The number of nitrogens with zero attached hydrogens (tertiary/aromatic N) is 1. The van der Waals surface area contributed by atoms with Crippen molar-refractivity contribution < 1.29 is 4.65 Å². The fourth-order valence-electron chi connectivity index (χ4n) is 3.79. The summed E-state index contributed by atoms with van der Waals surface area (Å²) in [6, 6.07) is 12.8. The highest BCUT2D eigenvalue weighted by Crippen LogP contribution is 2.44. The Morgan fingerprint density at radius 1 is 1.00 bits per heavy atom. The number of hydrogen-bond donors (Lipinski definition) is 0. The van der Waals surface area contributed by atoms with Crippen LogP contribution < -0.4 is 0 Å². The molecule has 0 aliphatic carbocycles. The van der Waals surface area contributed by atoms with Crippen molar-refractivity contribution in [3.63, 3.8) is 0 Å². The highest BCUT2D eigenvalue weighted by atomic mass is 35.5. The third-order valence-corrected chi connectivity index (χ3v) is 6.16. The minimum atomic E-state index is -0.317. The topological polar surface area (TPSA) is 12.5 Å². The van der Waals surface area contributed by atoms with Crippen LogP contribution in [0.25, 0.3) is 0 Å². The molecule has 0 spiro atoms. The van der Waals surface area contributed by atoms with Crippen molar-refractivity contribution in [2.75, 3.05) is 13.2 Å². The standard InChI is InChI=1S/C21H25BCl2NO/c1-4-26-22-25-12-6-5-11-21(25,17-9-7-15(2)19(23)13-17)18-10-8-16(3)20(24)14-18/h7-10,13-14H,4-6,11-12H2,1-3H3. The zero-order valence-corrected chi connectivity index (χ0v) is 17.2. The second-order valence-corrected chi connectivity index (χ2v) is 7.81. The van der Waals surface area contributed by atoms with Crippen LogP contribution in [0.5, 0.6) is 0 Å². The number of halogens is 2. The molecule has 1 saturated heterocycles. The van der Waals surface area contributed by atoms with Crippen LogP contribution in [0.2, 0.25) is 10.0 Å². The fourth-order valence-corrected chi connectivity index (χ4v) is 4.15. The van der Waals surface area contributed by atoms with Crippen molar-refractivity contribution >= 4 is 30.8 Å². The molecule has 5 heteroatoms. The SMILES string of the molecule is CCO[B]N1CCCCC1(c1ccc(C)c(Cl)c1)c1ccc(C)c(Cl)c1. The maximum atomic E-state index is 6.51. The van der Waals surface area contributed by atoms with Crippen LogP contribution in [-0.2, 0) is 10.2 Å². The van der Waals surface area contributed by atoms with Gasteiger partial charge >= 0.3 is 7.62 Å². The van der Waals surface area contributed by atoms with Crippen molar-refractivity contribution in [2.45, 2.75) is 45.6 Å². The Balaban J connectivity index is 2.18. The summed E-state index contributed by atoms with van der Waals surface area (Å²) in [5.74, 6) is 0. The van der Waals surface area contributed by atoms with Gasteiger partial charge in [-0.2, -0.15) is 0 Å². The largest absolute Gasteiger partial charge is 0.424 e. The second-order valence-electron chi connectivity index (χ2n) is 7.00. The van der Waals surface area contributed by atoms with Gasteiger partial charge in [0.2, 0.25) is 0 Å². The van der Waals surface area contributed by atoms with E-state index in [4.69, 9.17) is 27.9 Å². The van der Waals surface area contributed by atoms with E-state index in [9.17, 15) is 0 Å². The van der Waals surface area contributed by atoms with Gasteiger partial charge in [0.1, 0.15) is 0 Å². The highest BCUT2D eigenvalue weighted by molar-refractivity contribution is 6.31. The summed E-state index contributed by atoms with van der Waals surface area (Å²) in [6.07, 6.45) is 3.29. The van der Waals surface area contributed by atoms with Gasteiger partial charge in [-0.25, -0.2) is 0 Å². The van der Waals surface area contributed by atoms with Gasteiger partial charge in [0.15, 0.2) is 0 Å². The molecule has 26 heavy (non-hydrogen) atoms. The zero-order valence-electron chi connectivity index (χ0n) is 15.7. The maximum absolute atomic E-state index is 6.51. The second kappa shape index (κ2) is 8.35. The molecule has 0 N–H and O–H groups in total. The van der Waals surface area contributed by atoms with Crippen molar-refractivity contribution in [1.29, 1.82) is 0 Å². The van der Waals surface area contributed by atoms with Crippen molar-refractivity contribution in [1.82, 2.24) is 4.81 Å². The van der Waals surface area contributed by atoms with E-state index in [0.29, 0.717) is 6.61 Å². The van der Waals surface area contributed by atoms with Gasteiger partial charge in [-0.05, 0) is 81.0 Å². The van der Waals surface area contributed by atoms with E-state index in [1.807, 2.05) is 28.4 Å². The Morgan fingerprint density at radius 3 is 2.08 bits per heavy atom. The van der Waals surface area contributed by atoms with E-state index in [1.165, 1.54) is 11.1 Å². The van der Waals surface area contributed by atoms with Gasteiger partial charge in [-0.3, -0.25) is 0 Å². The molecule has 0 bridgehead atoms. The molecule has 0 saturated carbocycles. The van der Waals surface area contributed by atoms with Gasteiger partial charge in [-0.1, -0.05) is 47.5 Å². The molecule has 1 aliphatic rings. The summed E-state index contributed by atoms with van der Waals surface area (Å²) in [6.45, 7) is 7.67. The first kappa shape index (κ1) is 19.8. The molecule has 137 valence electrons. The van der Waals surface area contributed by atoms with E-state index in [2.05, 4.69) is 41.2 Å². The van der Waals surface area contributed by atoms with Crippen LogP contribution >= 0.6 is 23.2 Å². The fraction of sp³-hybridized carbons (Fsp3) is 0.429. The van der Waals surface area contributed by atoms with Crippen LogP contribution in [0.15, 0.2) is 36.4 Å². The zero-order chi connectivity index (χ0) is 18.7. The molecular formula is C21H25BCl2NO. The first-order valence-corrected chi connectivity index (χ1v) is 9.99. The molecular weight excluding hydrogens is 364 g/mol. The van der Waals surface area contributed by atoms with Crippen LogP contribution in [0.3, 0.4) is 0 Å². The minimum absolute atomic E-state index is 0.317. The quantitative estimate of drug-likeness (QED) is 0.590. The molecule has 1 heterocycles. The summed E-state index contributed by atoms with van der Waals surface area (Å²) >= 11 is 13.0. The lowest BCUT2D eigenvalue weighted by molar-refractivity contribution is 0.143. The lowest BCUT2D eigenvalue weighted by Crippen LogP contribution is -2.52. The summed E-state index contributed by atoms with van der Waals surface area (Å²) < 4.78 is 5.71. The number of benzene rings is 2. The first-order valence-electron chi connectivity index (χ1n) is 9.24. The Hall–Kier alpha value is -0.995. The highest BCUT2D eigenvalue weighted by Gasteiger charge is 2.42. The summed E-state index contributed by atoms with van der Waals surface area (Å²) in [4.78, 5) is 2.32. The van der Waals surface area contributed by atoms with E-state index in [1.54, 1.807) is 0 Å². The molecule has 1 aliphatic heterocycles. The summed E-state index contributed by atoms with van der Waals surface area (Å²) in [5, 5.41) is 1.59. The van der Waals surface area contributed by atoms with Gasteiger partial charge in [-0.15, -0.1) is 0 Å². The summed E-state index contributed by atoms with van der Waals surface area (Å²) in [7, 11) is 1.89. The predicted octanol–water partition coefficient (Wildman–Crippen LogP) is 5.91. The van der Waals surface area contributed by atoms with Gasteiger partial charge < -0.3 is 9.47 Å². The third kappa shape index (κ3) is 3.68. The van der Waals surface area contributed by atoms with E-state index in [-0.39, 0.29) is 5.54 Å². The summed E-state index contributed by atoms with van der Waals surface area (Å²) in [5.41, 5.74) is 4.22. The van der Waals surface area contributed by atoms with Crippen molar-refractivity contribution in [3.8, 4) is 0 Å². The van der Waals surface area contributed by atoms with Gasteiger partial charge in [0.05, 0.1) is 5.54 Å². The van der Waals surface area contributed by atoms with E-state index < -0.39 is 0 Å². The lowest BCUT2D eigenvalue weighted by atomic mass is 9.72. The number of aryl methyl sites for hydroxylation is 2. The molecule has 2 nitrogen and oxygen atoms in total. The molecule has 0 unspecified atom stereocenters. The normalized spacial score (nSPS) is 17.3. The molecule has 0 amide bonds. The Labute approximate surface area is 167 Å². The molecule has 0 aromatic heterocycles. The Bertz CT molecular complexity index is 729. The van der Waals surface area contributed by atoms with Gasteiger partial charge in [0.25, 0.3) is 0 Å². The molecule has 2 aromatic rings. The average Bonchev–Trinajstić information content (AvgIpc) is 2.64. The monoisotopic (exact) mass is 388 g/mol. The third-order valence-electron chi connectivity index (χ3n) is 5.35. The predicted molar refractivity (Wildman–Crippen MR) is 111 cm³/mol. The molecule has 1 radical (unpaired) electrons. The molecule has 1 fully saturated rings.